The minimum absolute atomic E-state index is 0.0758. The molecule has 9 nitrogen and oxygen atoms in total. The highest BCUT2D eigenvalue weighted by Crippen LogP contribution is 2.20. The van der Waals surface area contributed by atoms with Gasteiger partial charge in [-0.25, -0.2) is 14.6 Å². The molecule has 0 amide bonds. The lowest BCUT2D eigenvalue weighted by Crippen LogP contribution is -2.38. The summed E-state index contributed by atoms with van der Waals surface area (Å²) in [5.41, 5.74) is 2.95. The molecule has 0 spiro atoms. The monoisotopic (exact) mass is 416 g/mol. The maximum Gasteiger partial charge on any atom is 0.203 e. The second kappa shape index (κ2) is 8.11. The molecular formula is C22H20N6O3. The number of aryl methyl sites for hydroxylation is 1. The largest absolute Gasteiger partial charge is 0.482 e. The fourth-order valence-electron chi connectivity index (χ4n) is 3.25. The Labute approximate surface area is 177 Å². The third kappa shape index (κ3) is 4.22. The van der Waals surface area contributed by atoms with Crippen LogP contribution >= 0.6 is 0 Å². The van der Waals surface area contributed by atoms with Gasteiger partial charge in [0.2, 0.25) is 5.43 Å². The van der Waals surface area contributed by atoms with Gasteiger partial charge in [-0.2, -0.15) is 10.2 Å². The third-order valence-electron chi connectivity index (χ3n) is 4.93. The number of hydrogen-bond donors (Lipinski definition) is 0. The van der Waals surface area contributed by atoms with Crippen molar-refractivity contribution in [2.24, 2.45) is 7.05 Å². The van der Waals surface area contributed by atoms with Crippen molar-refractivity contribution in [3.63, 3.8) is 0 Å². The summed E-state index contributed by atoms with van der Waals surface area (Å²) in [6.45, 7) is 1.19. The zero-order valence-corrected chi connectivity index (χ0v) is 16.9. The lowest BCUT2D eigenvalue weighted by molar-refractivity contribution is -0.0799. The molecule has 1 aromatic carbocycles. The van der Waals surface area contributed by atoms with Crippen LogP contribution in [0.1, 0.15) is 11.3 Å². The average molecular weight is 416 g/mol. The molecule has 1 fully saturated rings. The predicted molar refractivity (Wildman–Crippen MR) is 112 cm³/mol. The van der Waals surface area contributed by atoms with Gasteiger partial charge in [-0.15, -0.1) is 0 Å². The third-order valence-corrected chi connectivity index (χ3v) is 4.93. The molecular weight excluding hydrogens is 396 g/mol. The molecule has 4 aromatic rings. The Hall–Kier alpha value is -3.85. The van der Waals surface area contributed by atoms with E-state index >= 15 is 0 Å². The van der Waals surface area contributed by atoms with Crippen molar-refractivity contribution in [1.29, 1.82) is 0 Å². The first-order chi connectivity index (χ1) is 15.1. The van der Waals surface area contributed by atoms with E-state index in [1.54, 1.807) is 34.2 Å². The Bertz CT molecular complexity index is 1260. The first-order valence-electron chi connectivity index (χ1n) is 9.88. The molecule has 3 aromatic heterocycles. The van der Waals surface area contributed by atoms with E-state index in [0.29, 0.717) is 36.9 Å². The molecule has 1 aliphatic heterocycles. The number of nitrogens with zero attached hydrogens (tertiary/aromatic N) is 6. The van der Waals surface area contributed by atoms with Crippen molar-refractivity contribution in [2.75, 3.05) is 13.2 Å². The maximum atomic E-state index is 12.4. The summed E-state index contributed by atoms with van der Waals surface area (Å²) in [5, 5.41) is 8.65. The molecule has 9 heteroatoms. The lowest BCUT2D eigenvalue weighted by Gasteiger charge is -2.26. The van der Waals surface area contributed by atoms with E-state index in [1.165, 1.54) is 6.07 Å². The fraction of sp³-hybridized carbons (Fsp3) is 0.227. The molecule has 0 unspecified atom stereocenters. The topological polar surface area (TPSA) is 97.0 Å². The molecule has 0 N–H and O–H groups in total. The van der Waals surface area contributed by atoms with E-state index in [9.17, 15) is 4.79 Å². The predicted octanol–water partition coefficient (Wildman–Crippen LogP) is 1.79. The molecule has 0 radical (unpaired) electrons. The molecule has 0 atom stereocenters. The van der Waals surface area contributed by atoms with Crippen LogP contribution in [0.25, 0.3) is 17.1 Å². The van der Waals surface area contributed by atoms with Crippen molar-refractivity contribution in [3.05, 3.63) is 82.8 Å². The maximum absolute atomic E-state index is 12.4. The Kier molecular flexibility index (Phi) is 5.01. The van der Waals surface area contributed by atoms with E-state index in [-0.39, 0.29) is 11.5 Å². The van der Waals surface area contributed by atoms with Gasteiger partial charge in [0.1, 0.15) is 17.5 Å². The van der Waals surface area contributed by atoms with Crippen LogP contribution in [0.5, 0.6) is 5.75 Å². The molecule has 0 saturated carbocycles. The highest BCUT2D eigenvalue weighted by Gasteiger charge is 2.20. The summed E-state index contributed by atoms with van der Waals surface area (Å²) in [7, 11) is 1.83. The van der Waals surface area contributed by atoms with Gasteiger partial charge in [-0.05, 0) is 11.6 Å². The fourth-order valence-corrected chi connectivity index (χ4v) is 3.25. The molecule has 4 heterocycles. The number of aromatic nitrogens is 6. The molecule has 5 rings (SSSR count). The molecule has 0 bridgehead atoms. The van der Waals surface area contributed by atoms with E-state index in [4.69, 9.17) is 9.47 Å². The van der Waals surface area contributed by atoms with Crippen LogP contribution in [0.15, 0.2) is 66.1 Å². The van der Waals surface area contributed by atoms with Gasteiger partial charge in [0.25, 0.3) is 0 Å². The van der Waals surface area contributed by atoms with Crippen molar-refractivity contribution in [3.8, 4) is 22.8 Å². The van der Waals surface area contributed by atoms with Crippen LogP contribution < -0.4 is 10.2 Å². The highest BCUT2D eigenvalue weighted by atomic mass is 16.6. The molecule has 0 aliphatic carbocycles. The number of benzene rings is 1. The smallest absolute Gasteiger partial charge is 0.203 e. The van der Waals surface area contributed by atoms with Gasteiger partial charge in [0, 0.05) is 31.3 Å². The summed E-state index contributed by atoms with van der Waals surface area (Å²) in [4.78, 5) is 21.2. The Morgan fingerprint density at radius 2 is 2.00 bits per heavy atom. The van der Waals surface area contributed by atoms with Gasteiger partial charge in [-0.3, -0.25) is 9.48 Å². The molecule has 31 heavy (non-hydrogen) atoms. The minimum atomic E-state index is -0.108. The summed E-state index contributed by atoms with van der Waals surface area (Å²) < 4.78 is 14.2. The molecule has 156 valence electrons. The van der Waals surface area contributed by atoms with Crippen molar-refractivity contribution in [2.45, 2.75) is 12.5 Å². The first kappa shape index (κ1) is 19.1. The highest BCUT2D eigenvalue weighted by molar-refractivity contribution is 5.56. The normalized spacial score (nSPS) is 13.7. The zero-order valence-electron chi connectivity index (χ0n) is 16.9. The van der Waals surface area contributed by atoms with E-state index in [1.807, 2.05) is 37.5 Å². The summed E-state index contributed by atoms with van der Waals surface area (Å²) in [6.07, 6.45) is 8.99. The van der Waals surface area contributed by atoms with Crippen LogP contribution in [0.4, 0.5) is 0 Å². The Morgan fingerprint density at radius 1 is 1.16 bits per heavy atom. The van der Waals surface area contributed by atoms with Gasteiger partial charge in [0.05, 0.1) is 38.0 Å². The van der Waals surface area contributed by atoms with Crippen molar-refractivity contribution >= 4 is 0 Å². The summed E-state index contributed by atoms with van der Waals surface area (Å²) in [5.74, 6) is 1.21. The van der Waals surface area contributed by atoms with Crippen LogP contribution in [-0.4, -0.2) is 48.8 Å². The van der Waals surface area contributed by atoms with Gasteiger partial charge >= 0.3 is 0 Å². The summed E-state index contributed by atoms with van der Waals surface area (Å²) in [6, 6.07) is 9.31. The van der Waals surface area contributed by atoms with E-state index in [2.05, 4.69) is 20.2 Å². The second-order valence-electron chi connectivity index (χ2n) is 7.34. The van der Waals surface area contributed by atoms with Crippen molar-refractivity contribution < 1.29 is 9.47 Å². The molecule has 1 aliphatic rings. The standard InChI is InChI=1S/C22H20N6O3/c1-27-12-17(9-25-27)28-6-5-21(29)20(26-28)8-15-3-2-4-16(7-15)22-23-10-18(11-24-22)31-19-13-30-14-19/h2-7,9-12,19H,8,13-14H2,1H3. The zero-order chi connectivity index (χ0) is 21.2. The van der Waals surface area contributed by atoms with Crippen molar-refractivity contribution in [1.82, 2.24) is 29.5 Å². The molecule has 1 saturated heterocycles. The van der Waals surface area contributed by atoms with Crippen LogP contribution in [0, 0.1) is 0 Å². The quantitative estimate of drug-likeness (QED) is 0.473. The second-order valence-corrected chi connectivity index (χ2v) is 7.34. The number of rotatable bonds is 6. The number of hydrogen-bond acceptors (Lipinski definition) is 7. The Morgan fingerprint density at radius 3 is 2.71 bits per heavy atom. The van der Waals surface area contributed by atoms with Crippen LogP contribution in [-0.2, 0) is 18.2 Å². The van der Waals surface area contributed by atoms with E-state index < -0.39 is 0 Å². The van der Waals surface area contributed by atoms with Gasteiger partial charge < -0.3 is 9.47 Å². The lowest BCUT2D eigenvalue weighted by atomic mass is 10.1. The Balaban J connectivity index is 1.36. The van der Waals surface area contributed by atoms with Gasteiger partial charge in [0.15, 0.2) is 11.6 Å². The number of ether oxygens (including phenoxy) is 2. The van der Waals surface area contributed by atoms with Gasteiger partial charge in [-0.1, -0.05) is 18.2 Å². The van der Waals surface area contributed by atoms with Crippen LogP contribution in [0.3, 0.4) is 0 Å². The average Bonchev–Trinajstić information content (AvgIpc) is 3.19. The first-order valence-corrected chi connectivity index (χ1v) is 9.88. The summed E-state index contributed by atoms with van der Waals surface area (Å²) >= 11 is 0. The van der Waals surface area contributed by atoms with E-state index in [0.717, 1.165) is 16.8 Å². The SMILES string of the molecule is Cn1cc(-n2ccc(=O)c(Cc3cccc(-c4ncc(OC5COC5)cn4)c3)n2)cn1. The van der Waals surface area contributed by atoms with Crippen LogP contribution in [0.2, 0.25) is 0 Å². The minimum Gasteiger partial charge on any atom is -0.482 e.